The molecule has 0 heterocycles. The van der Waals surface area contributed by atoms with Crippen molar-refractivity contribution in [2.24, 2.45) is 5.92 Å². The van der Waals surface area contributed by atoms with Gasteiger partial charge in [0.25, 0.3) is 0 Å². The molecule has 1 atom stereocenters. The number of aliphatic hydroxyl groups excluding tert-OH is 1. The first-order valence-electron chi connectivity index (χ1n) is 5.50. The van der Waals surface area contributed by atoms with E-state index in [1.807, 2.05) is 13.8 Å². The highest BCUT2D eigenvalue weighted by atomic mass is 16.5. The summed E-state index contributed by atoms with van der Waals surface area (Å²) in [5, 5.41) is 9.77. The van der Waals surface area contributed by atoms with Crippen LogP contribution < -0.4 is 0 Å². The van der Waals surface area contributed by atoms with Crippen molar-refractivity contribution < 1.29 is 14.6 Å². The molecule has 0 radical (unpaired) electrons. The molecule has 0 aliphatic carbocycles. The maximum atomic E-state index is 9.77. The Labute approximate surface area is 93.2 Å². The molecule has 0 aromatic carbocycles. The third-order valence-electron chi connectivity index (χ3n) is 2.44. The molecule has 0 aromatic rings. The Hall–Kier alpha value is -0.160. The summed E-state index contributed by atoms with van der Waals surface area (Å²) in [6.07, 6.45) is -0.279. The molecule has 92 valence electrons. The third-order valence-corrected chi connectivity index (χ3v) is 2.44. The minimum absolute atomic E-state index is 0.279. The standard InChI is InChI=1S/C11H25NO3/c1-10(2)11(13)9-12(5-7-14-3)6-8-15-4/h10-11,13H,5-9H2,1-4H3. The number of aliphatic hydroxyl groups is 1. The van der Waals surface area contributed by atoms with Crippen LogP contribution >= 0.6 is 0 Å². The van der Waals surface area contributed by atoms with Gasteiger partial charge in [-0.2, -0.15) is 0 Å². The summed E-state index contributed by atoms with van der Waals surface area (Å²) in [5.41, 5.74) is 0. The van der Waals surface area contributed by atoms with Gasteiger partial charge in [0.1, 0.15) is 0 Å². The molecule has 0 rings (SSSR count). The van der Waals surface area contributed by atoms with Crippen molar-refractivity contribution in [3.05, 3.63) is 0 Å². The molecule has 1 N–H and O–H groups in total. The first-order chi connectivity index (χ1) is 7.11. The molecular formula is C11H25NO3. The smallest absolute Gasteiger partial charge is 0.0690 e. The summed E-state index contributed by atoms with van der Waals surface area (Å²) >= 11 is 0. The minimum atomic E-state index is -0.279. The van der Waals surface area contributed by atoms with Crippen LogP contribution in [0.2, 0.25) is 0 Å². The fraction of sp³-hybridized carbons (Fsp3) is 1.00. The van der Waals surface area contributed by atoms with E-state index in [1.54, 1.807) is 14.2 Å². The molecule has 15 heavy (non-hydrogen) atoms. The van der Waals surface area contributed by atoms with Crippen LogP contribution in [0.5, 0.6) is 0 Å². The van der Waals surface area contributed by atoms with Crippen LogP contribution in [0.1, 0.15) is 13.8 Å². The Kier molecular flexibility index (Phi) is 9.00. The highest BCUT2D eigenvalue weighted by Gasteiger charge is 2.14. The van der Waals surface area contributed by atoms with Crippen LogP contribution in [-0.2, 0) is 9.47 Å². The van der Waals surface area contributed by atoms with E-state index in [-0.39, 0.29) is 12.0 Å². The van der Waals surface area contributed by atoms with Gasteiger partial charge < -0.3 is 14.6 Å². The molecular weight excluding hydrogens is 194 g/mol. The summed E-state index contributed by atoms with van der Waals surface area (Å²) in [6.45, 7) is 7.78. The zero-order valence-electron chi connectivity index (χ0n) is 10.4. The Bertz CT molecular complexity index is 134. The first-order valence-corrected chi connectivity index (χ1v) is 5.50. The molecule has 0 aromatic heterocycles. The molecule has 0 spiro atoms. The largest absolute Gasteiger partial charge is 0.392 e. The van der Waals surface area contributed by atoms with Gasteiger partial charge in [-0.25, -0.2) is 0 Å². The van der Waals surface area contributed by atoms with E-state index >= 15 is 0 Å². The van der Waals surface area contributed by atoms with E-state index in [9.17, 15) is 5.11 Å². The molecule has 0 amide bonds. The number of nitrogens with zero attached hydrogens (tertiary/aromatic N) is 1. The van der Waals surface area contributed by atoms with Crippen molar-refractivity contribution in [1.29, 1.82) is 0 Å². The van der Waals surface area contributed by atoms with E-state index in [4.69, 9.17) is 9.47 Å². The van der Waals surface area contributed by atoms with Crippen LogP contribution in [0.4, 0.5) is 0 Å². The fourth-order valence-corrected chi connectivity index (χ4v) is 1.21. The predicted molar refractivity (Wildman–Crippen MR) is 61.0 cm³/mol. The van der Waals surface area contributed by atoms with Gasteiger partial charge in [0.2, 0.25) is 0 Å². The molecule has 0 aliphatic rings. The van der Waals surface area contributed by atoms with Gasteiger partial charge in [0, 0.05) is 33.9 Å². The summed E-state index contributed by atoms with van der Waals surface area (Å²) in [7, 11) is 3.38. The van der Waals surface area contributed by atoms with Crippen molar-refractivity contribution in [1.82, 2.24) is 4.90 Å². The van der Waals surface area contributed by atoms with Crippen molar-refractivity contribution in [2.75, 3.05) is 47.1 Å². The molecule has 1 unspecified atom stereocenters. The van der Waals surface area contributed by atoms with Gasteiger partial charge in [0.15, 0.2) is 0 Å². The summed E-state index contributed by atoms with van der Waals surface area (Å²) in [5.74, 6) is 0.289. The molecule has 0 aliphatic heterocycles. The van der Waals surface area contributed by atoms with E-state index in [1.165, 1.54) is 0 Å². The van der Waals surface area contributed by atoms with Crippen molar-refractivity contribution >= 4 is 0 Å². The van der Waals surface area contributed by atoms with Crippen LogP contribution in [-0.4, -0.2) is 63.2 Å². The summed E-state index contributed by atoms with van der Waals surface area (Å²) < 4.78 is 10.1. The maximum Gasteiger partial charge on any atom is 0.0690 e. The maximum absolute atomic E-state index is 9.77. The first kappa shape index (κ1) is 14.8. The Morgan fingerprint density at radius 1 is 1.07 bits per heavy atom. The van der Waals surface area contributed by atoms with Gasteiger partial charge in [0.05, 0.1) is 19.3 Å². The fourth-order valence-electron chi connectivity index (χ4n) is 1.21. The summed E-state index contributed by atoms with van der Waals surface area (Å²) in [4.78, 5) is 2.16. The zero-order chi connectivity index (χ0) is 11.7. The van der Waals surface area contributed by atoms with Crippen LogP contribution in [0.15, 0.2) is 0 Å². The van der Waals surface area contributed by atoms with E-state index in [0.29, 0.717) is 19.8 Å². The summed E-state index contributed by atoms with van der Waals surface area (Å²) in [6, 6.07) is 0. The zero-order valence-corrected chi connectivity index (χ0v) is 10.4. The highest BCUT2D eigenvalue weighted by molar-refractivity contribution is 4.67. The molecule has 0 bridgehead atoms. The second kappa shape index (κ2) is 9.09. The minimum Gasteiger partial charge on any atom is -0.392 e. The van der Waals surface area contributed by atoms with Crippen LogP contribution in [0.3, 0.4) is 0 Å². The number of rotatable bonds is 9. The Morgan fingerprint density at radius 2 is 1.53 bits per heavy atom. The lowest BCUT2D eigenvalue weighted by Gasteiger charge is -2.26. The Morgan fingerprint density at radius 3 is 1.87 bits per heavy atom. The normalized spacial score (nSPS) is 13.8. The molecule has 4 heteroatoms. The van der Waals surface area contributed by atoms with Gasteiger partial charge >= 0.3 is 0 Å². The topological polar surface area (TPSA) is 41.9 Å². The van der Waals surface area contributed by atoms with E-state index in [2.05, 4.69) is 4.90 Å². The van der Waals surface area contributed by atoms with E-state index < -0.39 is 0 Å². The number of methoxy groups -OCH3 is 2. The lowest BCUT2D eigenvalue weighted by atomic mass is 10.1. The Balaban J connectivity index is 3.87. The molecule has 4 nitrogen and oxygen atoms in total. The van der Waals surface area contributed by atoms with Gasteiger partial charge in [-0.05, 0) is 5.92 Å². The average Bonchev–Trinajstić information content (AvgIpc) is 2.21. The molecule has 0 fully saturated rings. The SMILES string of the molecule is COCCN(CCOC)CC(O)C(C)C. The second-order valence-corrected chi connectivity index (χ2v) is 4.10. The van der Waals surface area contributed by atoms with Gasteiger partial charge in [-0.1, -0.05) is 13.8 Å². The third kappa shape index (κ3) is 7.73. The lowest BCUT2D eigenvalue weighted by Crippen LogP contribution is -2.38. The molecule has 0 saturated heterocycles. The van der Waals surface area contributed by atoms with Crippen molar-refractivity contribution in [3.8, 4) is 0 Å². The predicted octanol–water partition coefficient (Wildman–Crippen LogP) is 0.598. The van der Waals surface area contributed by atoms with Gasteiger partial charge in [-0.3, -0.25) is 4.90 Å². The monoisotopic (exact) mass is 219 g/mol. The van der Waals surface area contributed by atoms with Crippen molar-refractivity contribution in [2.45, 2.75) is 20.0 Å². The average molecular weight is 219 g/mol. The number of hydrogen-bond acceptors (Lipinski definition) is 4. The van der Waals surface area contributed by atoms with E-state index in [0.717, 1.165) is 13.1 Å². The highest BCUT2D eigenvalue weighted by Crippen LogP contribution is 2.03. The number of hydrogen-bond donors (Lipinski definition) is 1. The molecule has 0 saturated carbocycles. The van der Waals surface area contributed by atoms with Crippen LogP contribution in [0, 0.1) is 5.92 Å². The quantitative estimate of drug-likeness (QED) is 0.616. The van der Waals surface area contributed by atoms with Crippen molar-refractivity contribution in [3.63, 3.8) is 0 Å². The second-order valence-electron chi connectivity index (χ2n) is 4.10. The lowest BCUT2D eigenvalue weighted by molar-refractivity contribution is 0.0495. The van der Waals surface area contributed by atoms with Gasteiger partial charge in [-0.15, -0.1) is 0 Å². The van der Waals surface area contributed by atoms with Crippen LogP contribution in [0.25, 0.3) is 0 Å². The number of ether oxygens (including phenoxy) is 2.